The van der Waals surface area contributed by atoms with E-state index in [4.69, 9.17) is 17.3 Å². The van der Waals surface area contributed by atoms with Crippen molar-refractivity contribution < 1.29 is 48.3 Å². The Balaban J connectivity index is 1.50. The quantitative estimate of drug-likeness (QED) is 0.121. The second kappa shape index (κ2) is 14.3. The molecule has 0 bridgehead atoms. The zero-order valence-corrected chi connectivity index (χ0v) is 32.9. The Kier molecular flexibility index (Phi) is 9.85. The Morgan fingerprint density at radius 3 is 2.39 bits per heavy atom. The topological polar surface area (TPSA) is 160 Å². The molecular formula is C36H26BrClF8N8O4S. The van der Waals surface area contributed by atoms with Gasteiger partial charge in [-0.05, 0) is 66.8 Å². The fourth-order valence-electron chi connectivity index (χ4n) is 8.04. The molecular weight excluding hydrogens is 908 g/mol. The summed E-state index contributed by atoms with van der Waals surface area (Å²) in [6, 6.07) is 6.37. The van der Waals surface area contributed by atoms with Gasteiger partial charge in [-0.15, -0.1) is 0 Å². The zero-order valence-electron chi connectivity index (χ0n) is 29.8. The lowest BCUT2D eigenvalue weighted by molar-refractivity contribution is -0.122. The minimum atomic E-state index is -4.15. The SMILES string of the molecule is CS(=O)(=O)Nc1nn(CC(F)F)c2c(-n3c([C@@H](Cc4cc(F)cc(F)c4)C(C(N)=O)n4nc(C(F)F)c5c4C(F)(F)[C@@H]4C[C@H]54)nc4cc(Br)ccc4c3=O)ccc(Cl)c12. The number of carbonyl (C=O) groups excluding carboxylic acids is 1. The number of hydrogen-bond acceptors (Lipinski definition) is 7. The van der Waals surface area contributed by atoms with Crippen molar-refractivity contribution >= 4 is 71.1 Å². The Hall–Kier alpha value is -5.09. The predicted octanol–water partition coefficient (Wildman–Crippen LogP) is 7.46. The number of hydrogen-bond donors (Lipinski definition) is 2. The molecule has 3 heterocycles. The summed E-state index contributed by atoms with van der Waals surface area (Å²) >= 11 is 9.81. The molecule has 0 radical (unpaired) electrons. The van der Waals surface area contributed by atoms with Crippen LogP contribution < -0.4 is 16.0 Å². The van der Waals surface area contributed by atoms with Crippen molar-refractivity contribution in [2.75, 3.05) is 11.0 Å². The first-order chi connectivity index (χ1) is 27.7. The van der Waals surface area contributed by atoms with Gasteiger partial charge in [-0.3, -0.25) is 23.6 Å². The number of amides is 1. The summed E-state index contributed by atoms with van der Waals surface area (Å²) in [4.78, 5) is 33.4. The minimum Gasteiger partial charge on any atom is -0.368 e. The fraction of sp³-hybridized carbons (Fsp3) is 0.306. The van der Waals surface area contributed by atoms with E-state index in [1.165, 1.54) is 18.2 Å². The van der Waals surface area contributed by atoms with Crippen LogP contribution in [0.1, 0.15) is 59.1 Å². The zero-order chi connectivity index (χ0) is 42.6. The molecule has 23 heteroatoms. The van der Waals surface area contributed by atoms with Crippen LogP contribution in [0.25, 0.3) is 27.5 Å². The molecule has 3 N–H and O–H groups in total. The van der Waals surface area contributed by atoms with Gasteiger partial charge in [0.15, 0.2) is 5.82 Å². The third kappa shape index (κ3) is 7.01. The number of sulfonamides is 1. The first kappa shape index (κ1) is 40.7. The lowest BCUT2D eigenvalue weighted by atomic mass is 9.89. The van der Waals surface area contributed by atoms with E-state index in [1.54, 1.807) is 0 Å². The van der Waals surface area contributed by atoms with E-state index < -0.39 is 117 Å². The van der Waals surface area contributed by atoms with Crippen molar-refractivity contribution in [1.29, 1.82) is 0 Å². The number of anilines is 1. The highest BCUT2D eigenvalue weighted by molar-refractivity contribution is 9.10. The highest BCUT2D eigenvalue weighted by Gasteiger charge is 2.67. The van der Waals surface area contributed by atoms with Crippen LogP contribution in [0.4, 0.5) is 40.9 Å². The molecule has 4 atom stereocenters. The number of nitrogens with one attached hydrogen (secondary N) is 1. The van der Waals surface area contributed by atoms with E-state index in [2.05, 4.69) is 35.8 Å². The molecule has 3 aromatic carbocycles. The Bertz CT molecular complexity index is 2910. The monoisotopic (exact) mass is 932 g/mol. The number of benzene rings is 3. The largest absolute Gasteiger partial charge is 0.368 e. The van der Waals surface area contributed by atoms with Gasteiger partial charge in [0, 0.05) is 22.0 Å². The number of nitrogens with two attached hydrogens (primary N) is 1. The van der Waals surface area contributed by atoms with Gasteiger partial charge in [0.2, 0.25) is 15.9 Å². The van der Waals surface area contributed by atoms with E-state index in [1.807, 2.05) is 0 Å². The molecule has 1 amide bonds. The summed E-state index contributed by atoms with van der Waals surface area (Å²) in [5.41, 5.74) is 1.30. The Morgan fingerprint density at radius 1 is 1.07 bits per heavy atom. The summed E-state index contributed by atoms with van der Waals surface area (Å²) in [5.74, 6) is -12.9. The van der Waals surface area contributed by atoms with Gasteiger partial charge in [-0.2, -0.15) is 19.0 Å². The van der Waals surface area contributed by atoms with Gasteiger partial charge >= 0.3 is 0 Å². The normalized spacial score (nSPS) is 18.1. The maximum atomic E-state index is 16.1. The molecule has 59 heavy (non-hydrogen) atoms. The Morgan fingerprint density at radius 2 is 1.76 bits per heavy atom. The minimum absolute atomic E-state index is 0.106. The van der Waals surface area contributed by atoms with E-state index in [9.17, 15) is 44.3 Å². The van der Waals surface area contributed by atoms with Gasteiger partial charge < -0.3 is 5.73 Å². The maximum Gasteiger partial charge on any atom is 0.293 e. The molecule has 0 saturated heterocycles. The molecule has 12 nitrogen and oxygen atoms in total. The number of halogens is 10. The van der Waals surface area contributed by atoms with Crippen LogP contribution >= 0.6 is 27.5 Å². The molecule has 2 aliphatic carbocycles. The van der Waals surface area contributed by atoms with E-state index in [-0.39, 0.29) is 44.5 Å². The second-order valence-electron chi connectivity index (χ2n) is 14.3. The maximum absolute atomic E-state index is 16.1. The molecule has 3 aromatic heterocycles. The van der Waals surface area contributed by atoms with E-state index >= 15 is 8.78 Å². The summed E-state index contributed by atoms with van der Waals surface area (Å²) in [5, 5.41) is 7.18. The van der Waals surface area contributed by atoms with E-state index in [0.29, 0.717) is 19.9 Å². The average Bonchev–Trinajstić information content (AvgIpc) is 3.63. The number of carbonyl (C=O) groups is 1. The highest BCUT2D eigenvalue weighted by Crippen LogP contribution is 2.68. The first-order valence-corrected chi connectivity index (χ1v) is 20.4. The number of primary amides is 1. The molecule has 1 fully saturated rings. The fourth-order valence-corrected chi connectivity index (χ4v) is 9.13. The molecule has 0 spiro atoms. The lowest BCUT2D eigenvalue weighted by Gasteiger charge is -2.30. The van der Waals surface area contributed by atoms with Crippen molar-refractivity contribution in [3.8, 4) is 5.69 Å². The molecule has 8 rings (SSSR count). The molecule has 310 valence electrons. The van der Waals surface area contributed by atoms with Crippen molar-refractivity contribution in [2.45, 2.75) is 56.0 Å². The van der Waals surface area contributed by atoms with E-state index in [0.717, 1.165) is 35.1 Å². The van der Waals surface area contributed by atoms with Crippen LogP contribution in [0, 0.1) is 17.6 Å². The van der Waals surface area contributed by atoms with Gasteiger partial charge in [-0.1, -0.05) is 27.5 Å². The summed E-state index contributed by atoms with van der Waals surface area (Å²) in [6.07, 6.45) is -6.68. The summed E-state index contributed by atoms with van der Waals surface area (Å²) in [7, 11) is -4.15. The number of aromatic nitrogens is 6. The number of nitrogens with zero attached hydrogens (tertiary/aromatic N) is 6. The molecule has 2 aliphatic rings. The second-order valence-corrected chi connectivity index (χ2v) is 17.3. The van der Waals surface area contributed by atoms with Crippen LogP contribution in [-0.2, 0) is 33.7 Å². The predicted molar refractivity (Wildman–Crippen MR) is 201 cm³/mol. The van der Waals surface area contributed by atoms with Crippen molar-refractivity contribution in [3.05, 3.63) is 108 Å². The van der Waals surface area contributed by atoms with Gasteiger partial charge in [0.1, 0.15) is 41.4 Å². The average molecular weight is 934 g/mol. The van der Waals surface area contributed by atoms with Crippen LogP contribution in [0.2, 0.25) is 5.02 Å². The van der Waals surface area contributed by atoms with Gasteiger partial charge in [0.25, 0.3) is 24.3 Å². The van der Waals surface area contributed by atoms with Gasteiger partial charge in [-0.25, -0.2) is 44.4 Å². The molecule has 0 aliphatic heterocycles. The number of fused-ring (bicyclic) bond motifs is 5. The lowest BCUT2D eigenvalue weighted by Crippen LogP contribution is -2.39. The van der Waals surface area contributed by atoms with Crippen molar-refractivity contribution in [3.63, 3.8) is 0 Å². The number of rotatable bonds is 12. The standard InChI is InChI=1S/C36H26BrClF8N8O4S/c1-59(57,58)51-33-26-21(38)4-5-23(29(26)52(50-33)12-24(41)42)53-34(48-22-9-14(37)2-3-17(22)35(53)56)19(8-13-6-15(39)10-16(40)7-13)28(32(47)55)54-30-25(27(49-54)31(43)44)18-11-20(18)36(30,45)46/h2-7,9-10,18-20,24,28,31H,8,11-12H2,1H3,(H2,47,55)(H,50,51)/t18-,19-,20+,28?/m0/s1. The molecule has 6 aromatic rings. The smallest absolute Gasteiger partial charge is 0.293 e. The van der Waals surface area contributed by atoms with Gasteiger partial charge in [0.05, 0.1) is 44.7 Å². The summed E-state index contributed by atoms with van der Waals surface area (Å²) < 4.78 is 148. The van der Waals surface area contributed by atoms with Crippen LogP contribution in [0.15, 0.2) is 57.8 Å². The molecule has 1 unspecified atom stereocenters. The third-order valence-corrected chi connectivity index (χ3v) is 11.7. The van der Waals surface area contributed by atoms with Crippen LogP contribution in [0.3, 0.4) is 0 Å². The number of alkyl halides is 6. The van der Waals surface area contributed by atoms with Crippen LogP contribution in [-0.4, -0.2) is 56.1 Å². The first-order valence-electron chi connectivity index (χ1n) is 17.4. The summed E-state index contributed by atoms with van der Waals surface area (Å²) in [6.45, 7) is -1.20. The third-order valence-electron chi connectivity index (χ3n) is 10.3. The van der Waals surface area contributed by atoms with Crippen molar-refractivity contribution in [2.24, 2.45) is 11.7 Å². The van der Waals surface area contributed by atoms with Crippen molar-refractivity contribution in [1.82, 2.24) is 29.1 Å². The molecule has 1 saturated carbocycles. The van der Waals surface area contributed by atoms with Crippen LogP contribution in [0.5, 0.6) is 0 Å². The highest BCUT2D eigenvalue weighted by atomic mass is 79.9. The Labute approximate surface area is 340 Å².